The fourth-order valence-electron chi connectivity index (χ4n) is 1.43. The number of amides is 1. The first-order chi connectivity index (χ1) is 8.50. The Labute approximate surface area is 117 Å². The number of hydrogen-bond acceptors (Lipinski definition) is 5. The summed E-state index contributed by atoms with van der Waals surface area (Å²) in [7, 11) is 0. The van der Waals surface area contributed by atoms with Crippen LogP contribution in [-0.2, 0) is 9.59 Å². The van der Waals surface area contributed by atoms with Crippen LogP contribution < -0.4 is 0 Å². The largest absolute Gasteiger partial charge is 0.480 e. The molecule has 1 aliphatic rings. The van der Waals surface area contributed by atoms with Gasteiger partial charge in [-0.05, 0) is 24.4 Å². The van der Waals surface area contributed by atoms with Crippen molar-refractivity contribution in [2.75, 3.05) is 0 Å². The molecular weight excluding hydrogens is 290 g/mol. The van der Waals surface area contributed by atoms with E-state index in [1.807, 2.05) is 17.5 Å². The highest BCUT2D eigenvalue weighted by Gasteiger charge is 2.38. The summed E-state index contributed by atoms with van der Waals surface area (Å²) in [5, 5.41) is 10.8. The van der Waals surface area contributed by atoms with Gasteiger partial charge in [0.25, 0.3) is 5.91 Å². The van der Waals surface area contributed by atoms with E-state index < -0.39 is 12.0 Å². The molecule has 1 fully saturated rings. The Hall–Kier alpha value is -1.18. The van der Waals surface area contributed by atoms with E-state index in [0.29, 0.717) is 4.91 Å². The average molecular weight is 299 g/mol. The van der Waals surface area contributed by atoms with Gasteiger partial charge in [-0.2, -0.15) is 0 Å². The molecule has 1 aromatic heterocycles. The average Bonchev–Trinajstić information content (AvgIpc) is 2.88. The maximum atomic E-state index is 12.1. The molecule has 18 heavy (non-hydrogen) atoms. The summed E-state index contributed by atoms with van der Waals surface area (Å²) in [6.07, 6.45) is 1.73. The van der Waals surface area contributed by atoms with Crippen molar-refractivity contribution >= 4 is 57.6 Å². The lowest BCUT2D eigenvalue weighted by atomic mass is 10.3. The van der Waals surface area contributed by atoms with E-state index in [4.69, 9.17) is 17.3 Å². The van der Waals surface area contributed by atoms with E-state index in [2.05, 4.69) is 0 Å². The number of carbonyl (C=O) groups excluding carboxylic acids is 1. The van der Waals surface area contributed by atoms with Crippen molar-refractivity contribution in [2.24, 2.45) is 0 Å². The van der Waals surface area contributed by atoms with E-state index in [1.165, 1.54) is 18.3 Å². The number of carbonyl (C=O) groups is 2. The van der Waals surface area contributed by atoms with Crippen LogP contribution in [0, 0.1) is 0 Å². The highest BCUT2D eigenvalue weighted by molar-refractivity contribution is 8.26. The van der Waals surface area contributed by atoms with Crippen molar-refractivity contribution < 1.29 is 14.7 Å². The molecule has 1 atom stereocenters. The Morgan fingerprint density at radius 3 is 2.89 bits per heavy atom. The molecule has 0 radical (unpaired) electrons. The van der Waals surface area contributed by atoms with Gasteiger partial charge in [0.1, 0.15) is 10.4 Å². The van der Waals surface area contributed by atoms with Crippen molar-refractivity contribution in [1.82, 2.24) is 4.90 Å². The third kappa shape index (κ3) is 2.47. The molecule has 1 aliphatic heterocycles. The van der Waals surface area contributed by atoms with E-state index in [0.717, 1.165) is 21.5 Å². The van der Waals surface area contributed by atoms with E-state index in [9.17, 15) is 9.59 Å². The molecule has 1 saturated heterocycles. The second kappa shape index (κ2) is 5.21. The lowest BCUT2D eigenvalue weighted by Gasteiger charge is -2.18. The van der Waals surface area contributed by atoms with E-state index >= 15 is 0 Å². The molecule has 1 N–H and O–H groups in total. The number of carboxylic acids is 1. The van der Waals surface area contributed by atoms with Crippen LogP contribution in [0.4, 0.5) is 0 Å². The van der Waals surface area contributed by atoms with Gasteiger partial charge in [-0.25, -0.2) is 4.79 Å². The summed E-state index contributed by atoms with van der Waals surface area (Å²) in [6, 6.07) is 2.83. The molecule has 0 spiro atoms. The number of rotatable bonds is 3. The predicted octanol–water partition coefficient (Wildman–Crippen LogP) is 2.42. The van der Waals surface area contributed by atoms with Crippen LogP contribution in [0.5, 0.6) is 0 Å². The van der Waals surface area contributed by atoms with Gasteiger partial charge in [-0.3, -0.25) is 9.69 Å². The summed E-state index contributed by atoms with van der Waals surface area (Å²) in [4.78, 5) is 25.6. The Morgan fingerprint density at radius 2 is 2.33 bits per heavy atom. The Morgan fingerprint density at radius 1 is 1.61 bits per heavy atom. The van der Waals surface area contributed by atoms with Crippen LogP contribution in [0.25, 0.3) is 6.08 Å². The number of aliphatic carboxylic acids is 1. The first-order valence-corrected chi connectivity index (χ1v) is 7.14. The topological polar surface area (TPSA) is 57.6 Å². The normalized spacial score (nSPS) is 19.6. The van der Waals surface area contributed by atoms with E-state index in [-0.39, 0.29) is 10.2 Å². The molecule has 1 amide bonds. The lowest BCUT2D eigenvalue weighted by molar-refractivity contribution is -0.144. The molecule has 0 bridgehead atoms. The van der Waals surface area contributed by atoms with Gasteiger partial charge in [0.2, 0.25) is 0 Å². The molecule has 94 valence electrons. The lowest BCUT2D eigenvalue weighted by Crippen LogP contribution is -2.41. The van der Waals surface area contributed by atoms with Crippen LogP contribution >= 0.6 is 35.3 Å². The molecular formula is C11H9NO3S3. The zero-order chi connectivity index (χ0) is 13.3. The molecule has 0 aromatic carbocycles. The second-order valence-electron chi connectivity index (χ2n) is 3.58. The van der Waals surface area contributed by atoms with Crippen molar-refractivity contribution in [1.29, 1.82) is 0 Å². The quantitative estimate of drug-likeness (QED) is 0.686. The SMILES string of the molecule is CC(C(=O)O)N1C(=O)C(=Cc2cccs2)SC1=S. The third-order valence-electron chi connectivity index (χ3n) is 2.38. The highest BCUT2D eigenvalue weighted by Crippen LogP contribution is 2.34. The molecule has 7 heteroatoms. The zero-order valence-electron chi connectivity index (χ0n) is 9.32. The molecule has 0 aliphatic carbocycles. The third-order valence-corrected chi connectivity index (χ3v) is 4.53. The van der Waals surface area contributed by atoms with Crippen LogP contribution in [0.3, 0.4) is 0 Å². The fourth-order valence-corrected chi connectivity index (χ4v) is 3.57. The number of carboxylic acid groups (broad SMARTS) is 1. The fraction of sp³-hybridized carbons (Fsp3) is 0.182. The minimum absolute atomic E-state index is 0.290. The van der Waals surface area contributed by atoms with Gasteiger partial charge in [0.15, 0.2) is 0 Å². The summed E-state index contributed by atoms with van der Waals surface area (Å²) >= 11 is 7.70. The standard InChI is InChI=1S/C11H9NO3S3/c1-6(10(14)15)12-9(13)8(18-11(12)16)5-7-3-2-4-17-7/h2-6H,1H3,(H,14,15). The van der Waals surface area contributed by atoms with Gasteiger partial charge >= 0.3 is 5.97 Å². The van der Waals surface area contributed by atoms with Crippen molar-refractivity contribution in [3.05, 3.63) is 27.3 Å². The minimum Gasteiger partial charge on any atom is -0.480 e. The number of thiophene rings is 1. The van der Waals surface area contributed by atoms with Crippen LogP contribution in [0.1, 0.15) is 11.8 Å². The Bertz CT molecular complexity index is 536. The van der Waals surface area contributed by atoms with Gasteiger partial charge in [0.05, 0.1) is 4.91 Å². The number of thiocarbonyl (C=S) groups is 1. The van der Waals surface area contributed by atoms with Gasteiger partial charge < -0.3 is 5.11 Å². The summed E-state index contributed by atoms with van der Waals surface area (Å²) < 4.78 is 0.290. The minimum atomic E-state index is -1.07. The Balaban J connectivity index is 2.27. The number of nitrogens with zero attached hydrogens (tertiary/aromatic N) is 1. The van der Waals surface area contributed by atoms with Crippen LogP contribution in [-0.4, -0.2) is 32.2 Å². The van der Waals surface area contributed by atoms with Gasteiger partial charge in [0, 0.05) is 4.88 Å². The zero-order valence-corrected chi connectivity index (χ0v) is 11.8. The van der Waals surface area contributed by atoms with Gasteiger partial charge in [-0.15, -0.1) is 11.3 Å². The predicted molar refractivity (Wildman–Crippen MR) is 76.4 cm³/mol. The smallest absolute Gasteiger partial charge is 0.326 e. The molecule has 1 aromatic rings. The molecule has 2 rings (SSSR count). The van der Waals surface area contributed by atoms with E-state index in [1.54, 1.807) is 6.08 Å². The van der Waals surface area contributed by atoms with Gasteiger partial charge in [-0.1, -0.05) is 30.0 Å². The monoisotopic (exact) mass is 299 g/mol. The van der Waals surface area contributed by atoms with Crippen LogP contribution in [0.15, 0.2) is 22.4 Å². The van der Waals surface area contributed by atoms with Crippen LogP contribution in [0.2, 0.25) is 0 Å². The number of thioether (sulfide) groups is 1. The summed E-state index contributed by atoms with van der Waals surface area (Å²) in [5.41, 5.74) is 0. The van der Waals surface area contributed by atoms with Crippen molar-refractivity contribution in [3.8, 4) is 0 Å². The second-order valence-corrected chi connectivity index (χ2v) is 6.24. The molecule has 0 saturated carbocycles. The first-order valence-electron chi connectivity index (χ1n) is 5.04. The van der Waals surface area contributed by atoms with Crippen molar-refractivity contribution in [2.45, 2.75) is 13.0 Å². The highest BCUT2D eigenvalue weighted by atomic mass is 32.2. The first kappa shape index (κ1) is 13.3. The van der Waals surface area contributed by atoms with Crippen molar-refractivity contribution in [3.63, 3.8) is 0 Å². The Kier molecular flexibility index (Phi) is 3.84. The molecule has 2 heterocycles. The number of hydrogen-bond donors (Lipinski definition) is 1. The maximum Gasteiger partial charge on any atom is 0.326 e. The summed E-state index contributed by atoms with van der Waals surface area (Å²) in [6.45, 7) is 1.45. The molecule has 4 nitrogen and oxygen atoms in total. The maximum absolute atomic E-state index is 12.1. The summed E-state index contributed by atoms with van der Waals surface area (Å²) in [5.74, 6) is -1.41. The molecule has 1 unspecified atom stereocenters.